The molecule has 0 aliphatic carbocycles. The first-order chi connectivity index (χ1) is 4.68. The van der Waals surface area contributed by atoms with E-state index in [4.69, 9.17) is 0 Å². The molecule has 1 aromatic heterocycles. The standard InChI is InChI=1S/C3H5N3O2S2/c1-2-4-5-3(9-2)6-10(7)8/h10H,1H3,(H,5,6,7,8). The third-order valence-electron chi connectivity index (χ3n) is 0.713. The molecule has 0 bridgehead atoms. The van der Waals surface area contributed by atoms with Crippen LogP contribution < -0.4 is 4.72 Å². The lowest BCUT2D eigenvalue weighted by Gasteiger charge is -1.83. The van der Waals surface area contributed by atoms with E-state index in [-0.39, 0.29) is 0 Å². The lowest BCUT2D eigenvalue weighted by molar-refractivity contribution is 0.619. The molecule has 10 heavy (non-hydrogen) atoms. The van der Waals surface area contributed by atoms with Gasteiger partial charge in [0, 0.05) is 0 Å². The highest BCUT2D eigenvalue weighted by atomic mass is 32.2. The topological polar surface area (TPSA) is 72.0 Å². The van der Waals surface area contributed by atoms with Crippen LogP contribution in [0.25, 0.3) is 0 Å². The molecule has 7 heteroatoms. The Morgan fingerprint density at radius 1 is 1.50 bits per heavy atom. The van der Waals surface area contributed by atoms with Crippen molar-refractivity contribution in [3.8, 4) is 0 Å². The zero-order valence-electron chi connectivity index (χ0n) is 5.07. The van der Waals surface area contributed by atoms with E-state index in [9.17, 15) is 8.42 Å². The lowest BCUT2D eigenvalue weighted by atomic mass is 10.9. The molecule has 0 saturated heterocycles. The van der Waals surface area contributed by atoms with Crippen molar-refractivity contribution >= 4 is 27.4 Å². The van der Waals surface area contributed by atoms with Gasteiger partial charge in [-0.15, -0.1) is 10.2 Å². The van der Waals surface area contributed by atoms with Crippen molar-refractivity contribution < 1.29 is 8.42 Å². The number of rotatable bonds is 2. The zero-order chi connectivity index (χ0) is 7.56. The Morgan fingerprint density at radius 2 is 2.20 bits per heavy atom. The fraction of sp³-hybridized carbons (Fsp3) is 0.333. The number of thiol groups is 1. The third kappa shape index (κ3) is 1.92. The Bertz CT molecular complexity index is 284. The molecule has 0 aliphatic rings. The molecular weight excluding hydrogens is 174 g/mol. The van der Waals surface area contributed by atoms with E-state index in [1.165, 1.54) is 11.3 Å². The van der Waals surface area contributed by atoms with Crippen LogP contribution in [0.1, 0.15) is 5.01 Å². The minimum absolute atomic E-state index is 0.314. The molecule has 0 atom stereocenters. The second-order valence-electron chi connectivity index (χ2n) is 1.50. The van der Waals surface area contributed by atoms with Crippen LogP contribution in [0.15, 0.2) is 0 Å². The number of anilines is 1. The van der Waals surface area contributed by atoms with Gasteiger partial charge in [-0.2, -0.15) is 0 Å². The second kappa shape index (κ2) is 2.93. The van der Waals surface area contributed by atoms with Gasteiger partial charge < -0.3 is 0 Å². The minimum atomic E-state index is -2.61. The van der Waals surface area contributed by atoms with Crippen LogP contribution in [0.3, 0.4) is 0 Å². The number of aromatic nitrogens is 2. The normalized spacial score (nSPS) is 10.2. The van der Waals surface area contributed by atoms with Crippen LogP contribution in [-0.4, -0.2) is 18.6 Å². The molecule has 0 aromatic carbocycles. The fourth-order valence-electron chi connectivity index (χ4n) is 0.420. The van der Waals surface area contributed by atoms with Gasteiger partial charge in [0.25, 0.3) is 0 Å². The van der Waals surface area contributed by atoms with Crippen LogP contribution in [0.5, 0.6) is 0 Å². The largest absolute Gasteiger partial charge is 0.259 e. The maximum absolute atomic E-state index is 10.0. The Labute approximate surface area is 63.2 Å². The Kier molecular flexibility index (Phi) is 2.17. The van der Waals surface area contributed by atoms with E-state index in [1.807, 2.05) is 0 Å². The van der Waals surface area contributed by atoms with Gasteiger partial charge in [0.2, 0.25) is 16.0 Å². The first kappa shape index (κ1) is 7.42. The molecule has 0 fully saturated rings. The zero-order valence-corrected chi connectivity index (χ0v) is 6.78. The predicted octanol–water partition coefficient (Wildman–Crippen LogP) is -0.215. The van der Waals surface area contributed by atoms with Crippen molar-refractivity contribution in [2.45, 2.75) is 6.92 Å². The van der Waals surface area contributed by atoms with Gasteiger partial charge in [-0.1, -0.05) is 11.3 Å². The van der Waals surface area contributed by atoms with E-state index in [0.717, 1.165) is 5.01 Å². The summed E-state index contributed by atoms with van der Waals surface area (Å²) in [6, 6.07) is 0. The molecule has 0 saturated carbocycles. The second-order valence-corrected chi connectivity index (χ2v) is 3.41. The highest BCUT2D eigenvalue weighted by Crippen LogP contribution is 2.12. The maximum Gasteiger partial charge on any atom is 0.224 e. The minimum Gasteiger partial charge on any atom is -0.259 e. The summed E-state index contributed by atoms with van der Waals surface area (Å²) >= 11 is 1.20. The molecule has 5 nitrogen and oxygen atoms in total. The van der Waals surface area contributed by atoms with Gasteiger partial charge in [0.1, 0.15) is 5.01 Å². The Morgan fingerprint density at radius 3 is 2.60 bits per heavy atom. The van der Waals surface area contributed by atoms with E-state index in [2.05, 4.69) is 14.9 Å². The molecule has 0 spiro atoms. The predicted molar refractivity (Wildman–Crippen MR) is 38.6 cm³/mol. The first-order valence-corrected chi connectivity index (χ1v) is 4.39. The summed E-state index contributed by atoms with van der Waals surface area (Å²) in [5.41, 5.74) is 0. The molecule has 0 amide bonds. The average molecular weight is 179 g/mol. The Balaban J connectivity index is 2.76. The van der Waals surface area contributed by atoms with Gasteiger partial charge in [-0.3, -0.25) is 4.72 Å². The number of hydrogen-bond acceptors (Lipinski definition) is 5. The summed E-state index contributed by atoms with van der Waals surface area (Å²) in [4.78, 5) is 0. The van der Waals surface area contributed by atoms with E-state index in [0.29, 0.717) is 5.13 Å². The van der Waals surface area contributed by atoms with Crippen LogP contribution in [0, 0.1) is 6.92 Å². The summed E-state index contributed by atoms with van der Waals surface area (Å²) in [6.45, 7) is 1.75. The summed E-state index contributed by atoms with van der Waals surface area (Å²) in [6.07, 6.45) is 0. The number of nitrogens with one attached hydrogen (secondary N) is 1. The van der Waals surface area contributed by atoms with Crippen molar-refractivity contribution in [3.05, 3.63) is 5.01 Å². The van der Waals surface area contributed by atoms with E-state index in [1.54, 1.807) is 6.92 Å². The molecule has 0 aliphatic heterocycles. The maximum atomic E-state index is 10.0. The molecule has 0 unspecified atom stereocenters. The third-order valence-corrected chi connectivity index (χ3v) is 2.01. The average Bonchev–Trinajstić information content (AvgIpc) is 2.13. The molecule has 1 aromatic rings. The number of hydrogen-bond donors (Lipinski definition) is 2. The van der Waals surface area contributed by atoms with Crippen LogP contribution in [0.2, 0.25) is 0 Å². The molecular formula is C3H5N3O2S2. The number of nitrogens with zero attached hydrogens (tertiary/aromatic N) is 2. The molecule has 56 valence electrons. The summed E-state index contributed by atoms with van der Waals surface area (Å²) in [5, 5.41) is 8.19. The highest BCUT2D eigenvalue weighted by molar-refractivity contribution is 7.74. The van der Waals surface area contributed by atoms with Gasteiger partial charge >= 0.3 is 0 Å². The molecule has 0 radical (unpaired) electrons. The Hall–Kier alpha value is -0.690. The van der Waals surface area contributed by atoms with Crippen molar-refractivity contribution in [1.82, 2.24) is 10.2 Å². The van der Waals surface area contributed by atoms with Crippen LogP contribution >= 0.6 is 11.3 Å². The summed E-state index contributed by atoms with van der Waals surface area (Å²) in [7, 11) is -2.61. The van der Waals surface area contributed by atoms with Crippen molar-refractivity contribution in [3.63, 3.8) is 0 Å². The lowest BCUT2D eigenvalue weighted by Crippen LogP contribution is -1.93. The van der Waals surface area contributed by atoms with Crippen LogP contribution in [0.4, 0.5) is 5.13 Å². The monoisotopic (exact) mass is 179 g/mol. The smallest absolute Gasteiger partial charge is 0.224 e. The molecule has 1 N–H and O–H groups in total. The summed E-state index contributed by atoms with van der Waals surface area (Å²) in [5.74, 6) is 0. The van der Waals surface area contributed by atoms with E-state index < -0.39 is 10.9 Å². The van der Waals surface area contributed by atoms with Gasteiger partial charge in [0.15, 0.2) is 0 Å². The summed E-state index contributed by atoms with van der Waals surface area (Å²) < 4.78 is 22.2. The molecule has 1 rings (SSSR count). The van der Waals surface area contributed by atoms with Gasteiger partial charge in [-0.05, 0) is 6.92 Å². The van der Waals surface area contributed by atoms with Gasteiger partial charge in [-0.25, -0.2) is 8.42 Å². The van der Waals surface area contributed by atoms with E-state index >= 15 is 0 Å². The quantitative estimate of drug-likeness (QED) is 0.616. The van der Waals surface area contributed by atoms with Crippen molar-refractivity contribution in [2.24, 2.45) is 0 Å². The van der Waals surface area contributed by atoms with Gasteiger partial charge in [0.05, 0.1) is 0 Å². The molecule has 1 heterocycles. The highest BCUT2D eigenvalue weighted by Gasteiger charge is 1.97. The fourth-order valence-corrected chi connectivity index (χ4v) is 1.47. The number of aryl methyl sites for hydroxylation is 1. The SMILES string of the molecule is Cc1nnc(N[SH](=O)=O)s1. The first-order valence-electron chi connectivity index (χ1n) is 2.39. The van der Waals surface area contributed by atoms with Crippen LogP contribution in [-0.2, 0) is 10.9 Å². The van der Waals surface area contributed by atoms with Crippen molar-refractivity contribution in [1.29, 1.82) is 0 Å². The van der Waals surface area contributed by atoms with Crippen molar-refractivity contribution in [2.75, 3.05) is 4.72 Å².